The van der Waals surface area contributed by atoms with Gasteiger partial charge in [0.05, 0.1) is 12.2 Å². The highest BCUT2D eigenvalue weighted by Crippen LogP contribution is 2.32. The van der Waals surface area contributed by atoms with Crippen molar-refractivity contribution in [3.63, 3.8) is 0 Å². The molecule has 4 heteroatoms. The highest BCUT2D eigenvalue weighted by Gasteiger charge is 2.16. The Balaban J connectivity index is 2.13. The standard InChI is InChI=1S/C16H13FO3/c17-12-4-5-13(16(18)19)14(9-12)10-3-6-15-11(8-10)2-1-7-20-15/h3-6,8-9H,1-2,7H2,(H,18,19). The van der Waals surface area contributed by atoms with Gasteiger partial charge in [-0.1, -0.05) is 6.07 Å². The smallest absolute Gasteiger partial charge is 0.336 e. The molecule has 1 aliphatic rings. The van der Waals surface area contributed by atoms with E-state index < -0.39 is 11.8 Å². The summed E-state index contributed by atoms with van der Waals surface area (Å²) in [6, 6.07) is 9.19. The minimum Gasteiger partial charge on any atom is -0.493 e. The van der Waals surface area contributed by atoms with Gasteiger partial charge in [-0.05, 0) is 59.9 Å². The molecule has 1 aliphatic heterocycles. The molecule has 0 saturated carbocycles. The molecule has 0 radical (unpaired) electrons. The van der Waals surface area contributed by atoms with E-state index in [0.29, 0.717) is 17.7 Å². The lowest BCUT2D eigenvalue weighted by molar-refractivity contribution is 0.0697. The zero-order chi connectivity index (χ0) is 14.1. The number of carbonyl (C=O) groups is 1. The summed E-state index contributed by atoms with van der Waals surface area (Å²) in [7, 11) is 0. The van der Waals surface area contributed by atoms with Crippen LogP contribution in [0.3, 0.4) is 0 Å². The van der Waals surface area contributed by atoms with Gasteiger partial charge in [-0.25, -0.2) is 9.18 Å². The normalized spacial score (nSPS) is 13.4. The molecule has 0 saturated heterocycles. The summed E-state index contributed by atoms with van der Waals surface area (Å²) in [6.07, 6.45) is 1.83. The molecular formula is C16H13FO3. The maximum Gasteiger partial charge on any atom is 0.336 e. The Morgan fingerprint density at radius 1 is 1.20 bits per heavy atom. The van der Waals surface area contributed by atoms with Crippen molar-refractivity contribution in [2.24, 2.45) is 0 Å². The van der Waals surface area contributed by atoms with Gasteiger partial charge in [0.1, 0.15) is 11.6 Å². The van der Waals surface area contributed by atoms with Crippen LogP contribution < -0.4 is 4.74 Å². The van der Waals surface area contributed by atoms with Gasteiger partial charge in [0.2, 0.25) is 0 Å². The molecule has 0 bridgehead atoms. The van der Waals surface area contributed by atoms with E-state index in [1.807, 2.05) is 12.1 Å². The molecule has 102 valence electrons. The number of rotatable bonds is 2. The van der Waals surface area contributed by atoms with Gasteiger partial charge in [-0.2, -0.15) is 0 Å². The molecule has 0 atom stereocenters. The van der Waals surface area contributed by atoms with Crippen molar-refractivity contribution in [3.05, 3.63) is 53.3 Å². The van der Waals surface area contributed by atoms with Crippen molar-refractivity contribution in [2.45, 2.75) is 12.8 Å². The van der Waals surface area contributed by atoms with Crippen LogP contribution in [0.4, 0.5) is 4.39 Å². The molecule has 0 unspecified atom stereocenters. The third-order valence-electron chi connectivity index (χ3n) is 3.43. The molecular weight excluding hydrogens is 259 g/mol. The van der Waals surface area contributed by atoms with Crippen LogP contribution in [0.2, 0.25) is 0 Å². The fourth-order valence-electron chi connectivity index (χ4n) is 2.47. The van der Waals surface area contributed by atoms with Crippen LogP contribution >= 0.6 is 0 Å². The van der Waals surface area contributed by atoms with E-state index in [0.717, 1.165) is 30.2 Å². The van der Waals surface area contributed by atoms with Crippen LogP contribution in [-0.4, -0.2) is 17.7 Å². The summed E-state index contributed by atoms with van der Waals surface area (Å²) in [6.45, 7) is 0.701. The second-order valence-electron chi connectivity index (χ2n) is 4.77. The third kappa shape index (κ3) is 2.25. The number of halogens is 1. The van der Waals surface area contributed by atoms with Crippen LogP contribution in [0.15, 0.2) is 36.4 Å². The van der Waals surface area contributed by atoms with Crippen molar-refractivity contribution in [1.29, 1.82) is 0 Å². The van der Waals surface area contributed by atoms with E-state index in [9.17, 15) is 14.3 Å². The van der Waals surface area contributed by atoms with Crippen molar-refractivity contribution in [2.75, 3.05) is 6.61 Å². The highest BCUT2D eigenvalue weighted by atomic mass is 19.1. The summed E-state index contributed by atoms with van der Waals surface area (Å²) < 4.78 is 18.9. The number of benzene rings is 2. The summed E-state index contributed by atoms with van der Waals surface area (Å²) >= 11 is 0. The number of hydrogen-bond acceptors (Lipinski definition) is 2. The number of carboxylic acids is 1. The molecule has 0 aliphatic carbocycles. The second-order valence-corrected chi connectivity index (χ2v) is 4.77. The number of fused-ring (bicyclic) bond motifs is 1. The van der Waals surface area contributed by atoms with Crippen molar-refractivity contribution >= 4 is 5.97 Å². The number of carboxylic acid groups (broad SMARTS) is 1. The van der Waals surface area contributed by atoms with E-state index in [1.54, 1.807) is 6.07 Å². The highest BCUT2D eigenvalue weighted by molar-refractivity contribution is 5.96. The minimum absolute atomic E-state index is 0.100. The van der Waals surface area contributed by atoms with Crippen molar-refractivity contribution < 1.29 is 19.0 Å². The molecule has 0 fully saturated rings. The molecule has 1 heterocycles. The van der Waals surface area contributed by atoms with Crippen molar-refractivity contribution in [1.82, 2.24) is 0 Å². The average Bonchev–Trinajstić information content (AvgIpc) is 2.46. The van der Waals surface area contributed by atoms with Crippen LogP contribution in [0.1, 0.15) is 22.3 Å². The van der Waals surface area contributed by atoms with E-state index in [4.69, 9.17) is 4.74 Å². The zero-order valence-corrected chi connectivity index (χ0v) is 10.7. The summed E-state index contributed by atoms with van der Waals surface area (Å²) in [5.74, 6) is -0.679. The molecule has 0 amide bonds. The van der Waals surface area contributed by atoms with E-state index in [2.05, 4.69) is 0 Å². The maximum absolute atomic E-state index is 13.4. The lowest BCUT2D eigenvalue weighted by atomic mass is 9.95. The second kappa shape index (κ2) is 4.96. The van der Waals surface area contributed by atoms with Crippen molar-refractivity contribution in [3.8, 4) is 16.9 Å². The molecule has 1 N–H and O–H groups in total. The lowest BCUT2D eigenvalue weighted by Crippen LogP contribution is -2.08. The molecule has 2 aromatic carbocycles. The average molecular weight is 272 g/mol. The van der Waals surface area contributed by atoms with Gasteiger partial charge in [0, 0.05) is 0 Å². The predicted octanol–water partition coefficient (Wildman–Crippen LogP) is 3.52. The first-order valence-corrected chi connectivity index (χ1v) is 6.44. The monoisotopic (exact) mass is 272 g/mol. The van der Waals surface area contributed by atoms with Gasteiger partial charge in [-0.15, -0.1) is 0 Å². The van der Waals surface area contributed by atoms with Crippen LogP contribution in [0, 0.1) is 5.82 Å². The molecule has 0 spiro atoms. The summed E-state index contributed by atoms with van der Waals surface area (Å²) in [4.78, 5) is 11.2. The Morgan fingerprint density at radius 3 is 2.85 bits per heavy atom. The maximum atomic E-state index is 13.4. The van der Waals surface area contributed by atoms with Gasteiger partial charge in [0.25, 0.3) is 0 Å². The molecule has 3 nitrogen and oxygen atoms in total. The molecule has 3 rings (SSSR count). The number of ether oxygens (including phenoxy) is 1. The Morgan fingerprint density at radius 2 is 2.05 bits per heavy atom. The largest absolute Gasteiger partial charge is 0.493 e. The predicted molar refractivity (Wildman–Crippen MR) is 72.6 cm³/mol. The van der Waals surface area contributed by atoms with Crippen LogP contribution in [-0.2, 0) is 6.42 Å². The Labute approximate surface area is 115 Å². The number of hydrogen-bond donors (Lipinski definition) is 1. The Bertz CT molecular complexity index is 679. The Kier molecular flexibility index (Phi) is 3.14. The van der Waals surface area contributed by atoms with E-state index >= 15 is 0 Å². The first-order valence-electron chi connectivity index (χ1n) is 6.44. The molecule has 0 aromatic heterocycles. The van der Waals surface area contributed by atoms with E-state index in [-0.39, 0.29) is 5.56 Å². The third-order valence-corrected chi connectivity index (χ3v) is 3.43. The first kappa shape index (κ1) is 12.7. The quantitative estimate of drug-likeness (QED) is 0.909. The van der Waals surface area contributed by atoms with Gasteiger partial charge in [0.15, 0.2) is 0 Å². The van der Waals surface area contributed by atoms with E-state index in [1.165, 1.54) is 12.1 Å². The van der Waals surface area contributed by atoms with Gasteiger partial charge >= 0.3 is 5.97 Å². The summed E-state index contributed by atoms with van der Waals surface area (Å²) in [5.41, 5.74) is 2.23. The van der Waals surface area contributed by atoms with Gasteiger partial charge < -0.3 is 9.84 Å². The topological polar surface area (TPSA) is 46.5 Å². The molecule has 20 heavy (non-hydrogen) atoms. The number of aromatic carboxylic acids is 1. The SMILES string of the molecule is O=C(O)c1ccc(F)cc1-c1ccc2c(c1)CCCO2. The fraction of sp³-hybridized carbons (Fsp3) is 0.188. The van der Waals surface area contributed by atoms with Gasteiger partial charge in [-0.3, -0.25) is 0 Å². The van der Waals surface area contributed by atoms with Crippen LogP contribution in [0.25, 0.3) is 11.1 Å². The fourth-order valence-corrected chi connectivity index (χ4v) is 2.47. The molecule has 2 aromatic rings. The number of aryl methyl sites for hydroxylation is 1. The summed E-state index contributed by atoms with van der Waals surface area (Å²) in [5, 5.41) is 9.21. The first-order chi connectivity index (χ1) is 9.65. The Hall–Kier alpha value is -2.36. The zero-order valence-electron chi connectivity index (χ0n) is 10.7. The lowest BCUT2D eigenvalue weighted by Gasteiger charge is -2.18. The minimum atomic E-state index is -1.06. The van der Waals surface area contributed by atoms with Crippen LogP contribution in [0.5, 0.6) is 5.75 Å².